The first-order chi connectivity index (χ1) is 7.26. The van der Waals surface area contributed by atoms with Crippen LogP contribution in [-0.2, 0) is 6.42 Å². The summed E-state index contributed by atoms with van der Waals surface area (Å²) >= 11 is 5.38. The number of hydrogen-bond donors (Lipinski definition) is 0. The summed E-state index contributed by atoms with van der Waals surface area (Å²) in [5.41, 5.74) is 3.62. The Hall–Kier alpha value is 0.110. The van der Waals surface area contributed by atoms with Gasteiger partial charge in [0.25, 0.3) is 0 Å². The van der Waals surface area contributed by atoms with Crippen LogP contribution in [0.3, 0.4) is 0 Å². The molecule has 0 N–H and O–H groups in total. The van der Waals surface area contributed by atoms with Crippen LogP contribution in [0, 0.1) is 5.41 Å². The van der Waals surface area contributed by atoms with Crippen molar-refractivity contribution in [3.63, 3.8) is 0 Å². The molecule has 0 aliphatic rings. The summed E-state index contributed by atoms with van der Waals surface area (Å²) in [5, 5.41) is 3.27. The predicted octanol–water partition coefficient (Wildman–Crippen LogP) is 4.67. The van der Waals surface area contributed by atoms with Gasteiger partial charge in [-0.15, -0.1) is 11.3 Å². The summed E-state index contributed by atoms with van der Waals surface area (Å²) in [4.78, 5) is 4.40. The fourth-order valence-corrected chi connectivity index (χ4v) is 3.29. The highest BCUT2D eigenvalue weighted by molar-refractivity contribution is 9.09. The number of hydrogen-bond acceptors (Lipinski definition) is 2. The lowest BCUT2D eigenvalue weighted by Gasteiger charge is -2.30. The standard InChI is InChI=1S/C12H20BrNS/c1-3-5-6-12(4-2,9-13)7-11-8-15-10-14-11/h8,10H,3-7,9H2,1-2H3. The van der Waals surface area contributed by atoms with Crippen molar-refractivity contribution in [3.05, 3.63) is 16.6 Å². The lowest BCUT2D eigenvalue weighted by Crippen LogP contribution is -2.25. The van der Waals surface area contributed by atoms with E-state index in [2.05, 4.69) is 40.1 Å². The molecule has 1 rings (SSSR count). The molecule has 0 fully saturated rings. The molecule has 1 nitrogen and oxygen atoms in total. The Morgan fingerprint density at radius 3 is 2.73 bits per heavy atom. The molecule has 3 heteroatoms. The quantitative estimate of drug-likeness (QED) is 0.665. The van der Waals surface area contributed by atoms with Crippen molar-refractivity contribution >= 4 is 27.3 Å². The minimum absolute atomic E-state index is 0.421. The van der Waals surface area contributed by atoms with Crippen LogP contribution in [0.2, 0.25) is 0 Å². The van der Waals surface area contributed by atoms with Gasteiger partial charge < -0.3 is 0 Å². The molecule has 15 heavy (non-hydrogen) atoms. The number of thiazole rings is 1. The fourth-order valence-electron chi connectivity index (χ4n) is 1.86. The second-order valence-electron chi connectivity index (χ2n) is 4.25. The van der Waals surface area contributed by atoms with Gasteiger partial charge in [-0.25, -0.2) is 4.98 Å². The van der Waals surface area contributed by atoms with Crippen molar-refractivity contribution in [1.82, 2.24) is 4.98 Å². The Kier molecular flexibility index (Phi) is 5.83. The third-order valence-corrected chi connectivity index (χ3v) is 4.96. The van der Waals surface area contributed by atoms with Crippen LogP contribution in [0.1, 0.15) is 45.2 Å². The number of alkyl halides is 1. The summed E-state index contributed by atoms with van der Waals surface area (Å²) in [5.74, 6) is 0. The van der Waals surface area contributed by atoms with Crippen LogP contribution in [-0.4, -0.2) is 10.3 Å². The Morgan fingerprint density at radius 2 is 2.27 bits per heavy atom. The van der Waals surface area contributed by atoms with E-state index >= 15 is 0 Å². The third-order valence-electron chi connectivity index (χ3n) is 3.13. The van der Waals surface area contributed by atoms with E-state index in [1.54, 1.807) is 11.3 Å². The van der Waals surface area contributed by atoms with E-state index in [1.807, 2.05) is 5.51 Å². The molecule has 0 radical (unpaired) electrons. The maximum atomic E-state index is 4.40. The van der Waals surface area contributed by atoms with E-state index in [0.717, 1.165) is 11.8 Å². The van der Waals surface area contributed by atoms with Gasteiger partial charge in [0.05, 0.1) is 11.2 Å². The Bertz CT molecular complexity index is 255. The lowest BCUT2D eigenvalue weighted by atomic mass is 9.78. The van der Waals surface area contributed by atoms with Gasteiger partial charge in [0.15, 0.2) is 0 Å². The van der Waals surface area contributed by atoms with Crippen molar-refractivity contribution < 1.29 is 0 Å². The highest BCUT2D eigenvalue weighted by atomic mass is 79.9. The average Bonchev–Trinajstić information content (AvgIpc) is 2.77. The molecule has 0 aliphatic heterocycles. The van der Waals surface area contributed by atoms with Crippen LogP contribution >= 0.6 is 27.3 Å². The highest BCUT2D eigenvalue weighted by Gasteiger charge is 2.27. The minimum atomic E-state index is 0.421. The molecule has 0 spiro atoms. The molecule has 0 aromatic carbocycles. The van der Waals surface area contributed by atoms with E-state index in [0.29, 0.717) is 5.41 Å². The second kappa shape index (κ2) is 6.64. The molecular formula is C12H20BrNS. The van der Waals surface area contributed by atoms with Gasteiger partial charge in [0, 0.05) is 10.7 Å². The van der Waals surface area contributed by atoms with Crippen molar-refractivity contribution in [2.24, 2.45) is 5.41 Å². The molecular weight excluding hydrogens is 270 g/mol. The zero-order valence-corrected chi connectivity index (χ0v) is 12.0. The summed E-state index contributed by atoms with van der Waals surface area (Å²) in [7, 11) is 0. The monoisotopic (exact) mass is 289 g/mol. The van der Waals surface area contributed by atoms with E-state index < -0.39 is 0 Å². The SMILES string of the molecule is CCCCC(CC)(CBr)Cc1cscn1. The van der Waals surface area contributed by atoms with Crippen LogP contribution in [0.15, 0.2) is 10.9 Å². The molecule has 1 heterocycles. The van der Waals surface area contributed by atoms with Gasteiger partial charge in [-0.1, -0.05) is 42.6 Å². The summed E-state index contributed by atoms with van der Waals surface area (Å²) in [6.07, 6.45) is 6.27. The van der Waals surface area contributed by atoms with Gasteiger partial charge in [0.1, 0.15) is 0 Å². The molecule has 1 aromatic heterocycles. The third kappa shape index (κ3) is 3.87. The number of halogens is 1. The molecule has 1 atom stereocenters. The number of nitrogens with zero attached hydrogens (tertiary/aromatic N) is 1. The smallest absolute Gasteiger partial charge is 0.0794 e. The van der Waals surface area contributed by atoms with Crippen molar-refractivity contribution in [2.75, 3.05) is 5.33 Å². The maximum Gasteiger partial charge on any atom is 0.0794 e. The van der Waals surface area contributed by atoms with E-state index in [9.17, 15) is 0 Å². The molecule has 0 amide bonds. The van der Waals surface area contributed by atoms with E-state index in [1.165, 1.54) is 31.4 Å². The molecule has 0 saturated heterocycles. The number of unbranched alkanes of at least 4 members (excludes halogenated alkanes) is 1. The largest absolute Gasteiger partial charge is 0.250 e. The molecule has 0 saturated carbocycles. The van der Waals surface area contributed by atoms with Crippen LogP contribution in [0.4, 0.5) is 0 Å². The Balaban J connectivity index is 2.63. The minimum Gasteiger partial charge on any atom is -0.250 e. The fraction of sp³-hybridized carbons (Fsp3) is 0.750. The van der Waals surface area contributed by atoms with Crippen LogP contribution in [0.5, 0.6) is 0 Å². The molecule has 86 valence electrons. The van der Waals surface area contributed by atoms with E-state index in [-0.39, 0.29) is 0 Å². The Morgan fingerprint density at radius 1 is 1.47 bits per heavy atom. The first-order valence-electron chi connectivity index (χ1n) is 5.69. The summed E-state index contributed by atoms with van der Waals surface area (Å²) < 4.78 is 0. The predicted molar refractivity (Wildman–Crippen MR) is 71.9 cm³/mol. The lowest BCUT2D eigenvalue weighted by molar-refractivity contribution is 0.281. The zero-order valence-electron chi connectivity index (χ0n) is 9.63. The van der Waals surface area contributed by atoms with Crippen molar-refractivity contribution in [2.45, 2.75) is 46.0 Å². The van der Waals surface area contributed by atoms with Crippen molar-refractivity contribution in [1.29, 1.82) is 0 Å². The van der Waals surface area contributed by atoms with E-state index in [4.69, 9.17) is 0 Å². The first kappa shape index (κ1) is 13.2. The van der Waals surface area contributed by atoms with Crippen LogP contribution < -0.4 is 0 Å². The molecule has 1 aromatic rings. The summed E-state index contributed by atoms with van der Waals surface area (Å²) in [6, 6.07) is 0. The van der Waals surface area contributed by atoms with Gasteiger partial charge in [-0.3, -0.25) is 0 Å². The van der Waals surface area contributed by atoms with Gasteiger partial charge in [-0.2, -0.15) is 0 Å². The molecule has 1 unspecified atom stereocenters. The van der Waals surface area contributed by atoms with Gasteiger partial charge in [0.2, 0.25) is 0 Å². The van der Waals surface area contributed by atoms with Crippen LogP contribution in [0.25, 0.3) is 0 Å². The zero-order chi connectivity index (χ0) is 11.1. The number of rotatable bonds is 7. The Labute approximate surface area is 105 Å². The maximum absolute atomic E-state index is 4.40. The number of aromatic nitrogens is 1. The second-order valence-corrected chi connectivity index (χ2v) is 5.53. The molecule has 0 aliphatic carbocycles. The van der Waals surface area contributed by atoms with Gasteiger partial charge >= 0.3 is 0 Å². The highest BCUT2D eigenvalue weighted by Crippen LogP contribution is 2.34. The normalized spacial score (nSPS) is 15.1. The topological polar surface area (TPSA) is 12.9 Å². The molecule has 0 bridgehead atoms. The summed E-state index contributed by atoms with van der Waals surface area (Å²) in [6.45, 7) is 4.56. The average molecular weight is 290 g/mol. The van der Waals surface area contributed by atoms with Crippen molar-refractivity contribution in [3.8, 4) is 0 Å². The first-order valence-corrected chi connectivity index (χ1v) is 7.76. The van der Waals surface area contributed by atoms with Gasteiger partial charge in [-0.05, 0) is 24.7 Å².